The van der Waals surface area contributed by atoms with E-state index in [2.05, 4.69) is 10.2 Å². The minimum Gasteiger partial charge on any atom is -0.278 e. The van der Waals surface area contributed by atoms with Gasteiger partial charge in [0, 0.05) is 0 Å². The van der Waals surface area contributed by atoms with E-state index in [0.29, 0.717) is 6.07 Å². The Kier molecular flexibility index (Phi) is 3.61. The zero-order chi connectivity index (χ0) is 15.7. The number of aromatic amines is 1. The smallest absolute Gasteiger partial charge is 0.278 e. The van der Waals surface area contributed by atoms with Gasteiger partial charge in [0.15, 0.2) is 5.03 Å². The normalized spacial score (nSPS) is 11.9. The molecule has 0 saturated carbocycles. The first kappa shape index (κ1) is 14.9. The van der Waals surface area contributed by atoms with E-state index in [1.165, 1.54) is 0 Å². The second-order valence-corrected chi connectivity index (χ2v) is 5.55. The molecule has 21 heavy (non-hydrogen) atoms. The lowest BCUT2D eigenvalue weighted by Gasteiger charge is -2.14. The van der Waals surface area contributed by atoms with Crippen molar-refractivity contribution in [1.82, 2.24) is 10.2 Å². The van der Waals surface area contributed by atoms with Crippen LogP contribution in [0, 0.1) is 11.3 Å². The number of halogens is 3. The van der Waals surface area contributed by atoms with Crippen LogP contribution < -0.4 is 4.72 Å². The third kappa shape index (κ3) is 3.14. The molecular weight excluding hydrogens is 309 g/mol. The van der Waals surface area contributed by atoms with Crippen molar-refractivity contribution in [3.8, 4) is 6.07 Å². The van der Waals surface area contributed by atoms with Crippen molar-refractivity contribution >= 4 is 15.7 Å². The number of H-pyrrole nitrogens is 1. The highest BCUT2D eigenvalue weighted by molar-refractivity contribution is 7.92. The second kappa shape index (κ2) is 5.10. The van der Waals surface area contributed by atoms with Gasteiger partial charge in [-0.15, -0.1) is 0 Å². The number of rotatable bonds is 3. The molecule has 2 N–H and O–H groups in total. The van der Waals surface area contributed by atoms with Crippen molar-refractivity contribution in [1.29, 1.82) is 5.26 Å². The first-order chi connectivity index (χ1) is 9.74. The summed E-state index contributed by atoms with van der Waals surface area (Å²) in [4.78, 5) is 0. The van der Waals surface area contributed by atoms with Crippen LogP contribution in [0.3, 0.4) is 0 Å². The quantitative estimate of drug-likeness (QED) is 0.906. The summed E-state index contributed by atoms with van der Waals surface area (Å²) in [5, 5.41) is 13.8. The van der Waals surface area contributed by atoms with Crippen molar-refractivity contribution < 1.29 is 21.6 Å². The molecule has 0 atom stereocenters. The average molecular weight is 316 g/mol. The lowest BCUT2D eigenvalue weighted by molar-refractivity contribution is -0.136. The SMILES string of the molecule is N#Cc1ccc(NS(=O)(=O)c2ccn[nH]2)c(C(F)(F)F)c1. The molecule has 1 heterocycles. The Morgan fingerprint density at radius 1 is 1.29 bits per heavy atom. The highest BCUT2D eigenvalue weighted by Crippen LogP contribution is 2.36. The van der Waals surface area contributed by atoms with E-state index in [0.717, 1.165) is 24.4 Å². The van der Waals surface area contributed by atoms with Crippen LogP contribution >= 0.6 is 0 Å². The summed E-state index contributed by atoms with van der Waals surface area (Å²) >= 11 is 0. The van der Waals surface area contributed by atoms with Crippen molar-refractivity contribution in [3.05, 3.63) is 41.6 Å². The summed E-state index contributed by atoms with van der Waals surface area (Å²) in [6.07, 6.45) is -3.66. The van der Waals surface area contributed by atoms with Gasteiger partial charge >= 0.3 is 6.18 Å². The third-order valence-corrected chi connectivity index (χ3v) is 3.76. The van der Waals surface area contributed by atoms with Gasteiger partial charge in [-0.3, -0.25) is 9.82 Å². The van der Waals surface area contributed by atoms with E-state index in [1.807, 2.05) is 4.72 Å². The van der Waals surface area contributed by atoms with Gasteiger partial charge in [-0.2, -0.15) is 31.9 Å². The Balaban J connectivity index is 2.48. The summed E-state index contributed by atoms with van der Waals surface area (Å²) in [6, 6.07) is 5.20. The molecule has 2 aromatic rings. The second-order valence-electron chi connectivity index (χ2n) is 3.90. The molecule has 0 saturated heterocycles. The number of anilines is 1. The van der Waals surface area contributed by atoms with E-state index in [4.69, 9.17) is 5.26 Å². The van der Waals surface area contributed by atoms with Gasteiger partial charge in [-0.25, -0.2) is 0 Å². The molecule has 0 amide bonds. The molecule has 0 fully saturated rings. The largest absolute Gasteiger partial charge is 0.418 e. The Hall–Kier alpha value is -2.54. The molecule has 6 nitrogen and oxygen atoms in total. The summed E-state index contributed by atoms with van der Waals surface area (Å²) in [5.74, 6) is 0. The maximum atomic E-state index is 12.9. The number of alkyl halides is 3. The van der Waals surface area contributed by atoms with Crippen LogP contribution in [-0.4, -0.2) is 18.6 Å². The van der Waals surface area contributed by atoms with Gasteiger partial charge in [0.25, 0.3) is 10.0 Å². The first-order valence-corrected chi connectivity index (χ1v) is 6.86. The Morgan fingerprint density at radius 2 is 2.00 bits per heavy atom. The monoisotopic (exact) mass is 316 g/mol. The molecule has 0 radical (unpaired) electrons. The molecule has 10 heteroatoms. The number of nitrogens with one attached hydrogen (secondary N) is 2. The van der Waals surface area contributed by atoms with Crippen molar-refractivity contribution in [2.75, 3.05) is 4.72 Å². The van der Waals surface area contributed by atoms with E-state index in [-0.39, 0.29) is 10.6 Å². The Bertz CT molecular complexity index is 792. The maximum Gasteiger partial charge on any atom is 0.418 e. The van der Waals surface area contributed by atoms with Gasteiger partial charge in [-0.05, 0) is 24.3 Å². The van der Waals surface area contributed by atoms with E-state index in [9.17, 15) is 21.6 Å². The number of nitriles is 1. The van der Waals surface area contributed by atoms with Gasteiger partial charge in [0.05, 0.1) is 29.1 Å². The molecular formula is C11H7F3N4O2S. The number of sulfonamides is 1. The van der Waals surface area contributed by atoms with Crippen LogP contribution in [0.2, 0.25) is 0 Å². The third-order valence-electron chi connectivity index (χ3n) is 2.46. The molecule has 2 rings (SSSR count). The Labute approximate surface area is 117 Å². The van der Waals surface area contributed by atoms with Crippen LogP contribution in [0.5, 0.6) is 0 Å². The zero-order valence-electron chi connectivity index (χ0n) is 10.1. The minimum absolute atomic E-state index is 0.230. The minimum atomic E-state index is -4.81. The number of nitrogens with zero attached hydrogens (tertiary/aromatic N) is 2. The number of hydrogen-bond donors (Lipinski definition) is 2. The molecule has 0 aliphatic carbocycles. The number of hydrogen-bond acceptors (Lipinski definition) is 4. The number of benzene rings is 1. The molecule has 0 spiro atoms. The molecule has 0 bridgehead atoms. The fourth-order valence-electron chi connectivity index (χ4n) is 1.53. The van der Waals surface area contributed by atoms with E-state index < -0.39 is 27.5 Å². The molecule has 1 aromatic heterocycles. The topological polar surface area (TPSA) is 98.6 Å². The van der Waals surface area contributed by atoms with Crippen LogP contribution in [0.15, 0.2) is 35.5 Å². The van der Waals surface area contributed by atoms with Gasteiger partial charge < -0.3 is 0 Å². The summed E-state index contributed by atoms with van der Waals surface area (Å²) in [6.45, 7) is 0. The van der Waals surface area contributed by atoms with Gasteiger partial charge in [-0.1, -0.05) is 0 Å². The highest BCUT2D eigenvalue weighted by Gasteiger charge is 2.35. The molecule has 110 valence electrons. The van der Waals surface area contributed by atoms with Crippen molar-refractivity contribution in [2.24, 2.45) is 0 Å². The maximum absolute atomic E-state index is 12.9. The fraction of sp³-hybridized carbons (Fsp3) is 0.0909. The number of aromatic nitrogens is 2. The summed E-state index contributed by atoms with van der Waals surface area (Å²) < 4.78 is 64.3. The predicted molar refractivity (Wildman–Crippen MR) is 65.6 cm³/mol. The summed E-state index contributed by atoms with van der Waals surface area (Å²) in [5.41, 5.74) is -2.15. The standard InChI is InChI=1S/C11H7F3N4O2S/c12-11(13,14)8-5-7(6-15)1-2-9(8)18-21(19,20)10-3-4-16-17-10/h1-5,18H,(H,16,17). The van der Waals surface area contributed by atoms with Crippen LogP contribution in [0.1, 0.15) is 11.1 Å². The first-order valence-electron chi connectivity index (χ1n) is 5.37. The van der Waals surface area contributed by atoms with E-state index >= 15 is 0 Å². The zero-order valence-corrected chi connectivity index (χ0v) is 11.0. The van der Waals surface area contributed by atoms with Crippen LogP contribution in [0.25, 0.3) is 0 Å². The van der Waals surface area contributed by atoms with Gasteiger partial charge in [0.2, 0.25) is 0 Å². The molecule has 0 aliphatic rings. The molecule has 0 aliphatic heterocycles. The highest BCUT2D eigenvalue weighted by atomic mass is 32.2. The van der Waals surface area contributed by atoms with Crippen LogP contribution in [0.4, 0.5) is 18.9 Å². The fourth-order valence-corrected chi connectivity index (χ4v) is 2.52. The average Bonchev–Trinajstić information content (AvgIpc) is 2.92. The van der Waals surface area contributed by atoms with Crippen molar-refractivity contribution in [2.45, 2.75) is 11.2 Å². The van der Waals surface area contributed by atoms with Crippen molar-refractivity contribution in [3.63, 3.8) is 0 Å². The molecule has 0 unspecified atom stereocenters. The van der Waals surface area contributed by atoms with Gasteiger partial charge in [0.1, 0.15) is 0 Å². The van der Waals surface area contributed by atoms with E-state index in [1.54, 1.807) is 6.07 Å². The Morgan fingerprint density at radius 3 is 2.52 bits per heavy atom. The summed E-state index contributed by atoms with van der Waals surface area (Å²) in [7, 11) is -4.22. The lowest BCUT2D eigenvalue weighted by atomic mass is 10.1. The lowest BCUT2D eigenvalue weighted by Crippen LogP contribution is -2.17. The predicted octanol–water partition coefficient (Wildman–Crippen LogP) is 2.10. The van der Waals surface area contributed by atoms with Crippen LogP contribution in [-0.2, 0) is 16.2 Å². The molecule has 1 aromatic carbocycles.